The molecule has 3 N–H and O–H groups in total. The number of aryl methyl sites for hydroxylation is 1. The van der Waals surface area contributed by atoms with Crippen LogP contribution < -0.4 is 5.73 Å². The van der Waals surface area contributed by atoms with E-state index in [0.29, 0.717) is 12.3 Å². The molecule has 0 aliphatic rings. The van der Waals surface area contributed by atoms with Gasteiger partial charge in [0.2, 0.25) is 0 Å². The average Bonchev–Trinajstić information content (AvgIpc) is 2.91. The smallest absolute Gasteiger partial charge is 0.251 e. The Morgan fingerprint density at radius 1 is 1.33 bits per heavy atom. The van der Waals surface area contributed by atoms with Gasteiger partial charge in [-0.2, -0.15) is 4.98 Å². The highest BCUT2D eigenvalue weighted by atomic mass is 15.4. The van der Waals surface area contributed by atoms with Gasteiger partial charge in [0.1, 0.15) is 5.69 Å². The summed E-state index contributed by atoms with van der Waals surface area (Å²) in [6.45, 7) is 2.56. The van der Waals surface area contributed by atoms with Gasteiger partial charge in [-0.1, -0.05) is 6.07 Å². The summed E-state index contributed by atoms with van der Waals surface area (Å²) in [5.74, 6) is 1.38. The van der Waals surface area contributed by atoms with Gasteiger partial charge < -0.3 is 5.73 Å². The van der Waals surface area contributed by atoms with Gasteiger partial charge in [-0.15, -0.1) is 0 Å². The molecule has 0 spiro atoms. The third kappa shape index (κ3) is 1.67. The topological polar surface area (TPSA) is 84.9 Å². The van der Waals surface area contributed by atoms with Crippen molar-refractivity contribution in [2.24, 2.45) is 5.73 Å². The van der Waals surface area contributed by atoms with Crippen molar-refractivity contribution < 1.29 is 0 Å². The molecule has 6 heteroatoms. The third-order valence-electron chi connectivity index (χ3n) is 2.87. The lowest BCUT2D eigenvalue weighted by molar-refractivity contribution is 0.834. The zero-order chi connectivity index (χ0) is 12.5. The van der Waals surface area contributed by atoms with Gasteiger partial charge in [-0.3, -0.25) is 10.1 Å². The summed E-state index contributed by atoms with van der Waals surface area (Å²) in [4.78, 5) is 13.1. The number of pyridine rings is 1. The molecular weight excluding hydrogens is 228 g/mol. The first-order valence-electron chi connectivity index (χ1n) is 5.85. The Bertz CT molecular complexity index is 667. The zero-order valence-electron chi connectivity index (χ0n) is 10.1. The van der Waals surface area contributed by atoms with Crippen LogP contribution in [0, 0.1) is 6.92 Å². The zero-order valence-corrected chi connectivity index (χ0v) is 10.1. The van der Waals surface area contributed by atoms with Crippen molar-refractivity contribution in [1.82, 2.24) is 24.6 Å². The van der Waals surface area contributed by atoms with Crippen LogP contribution in [0.3, 0.4) is 0 Å². The van der Waals surface area contributed by atoms with E-state index in [4.69, 9.17) is 5.73 Å². The predicted octanol–water partition coefficient (Wildman–Crippen LogP) is 0.929. The van der Waals surface area contributed by atoms with Crippen molar-refractivity contribution >= 4 is 5.78 Å². The monoisotopic (exact) mass is 242 g/mol. The molecule has 92 valence electrons. The summed E-state index contributed by atoms with van der Waals surface area (Å²) in [6.07, 6.45) is 2.52. The third-order valence-corrected chi connectivity index (χ3v) is 2.87. The van der Waals surface area contributed by atoms with Crippen molar-refractivity contribution in [1.29, 1.82) is 0 Å². The molecule has 0 saturated heterocycles. The number of H-pyrrole nitrogens is 1. The first-order chi connectivity index (χ1) is 8.79. The average molecular weight is 242 g/mol. The van der Waals surface area contributed by atoms with Crippen LogP contribution in [-0.2, 0) is 6.42 Å². The van der Waals surface area contributed by atoms with Crippen LogP contribution in [-0.4, -0.2) is 31.1 Å². The summed E-state index contributed by atoms with van der Waals surface area (Å²) in [7, 11) is 0. The lowest BCUT2D eigenvalue weighted by Gasteiger charge is -1.98. The number of nitrogens with zero attached hydrogens (tertiary/aromatic N) is 4. The first-order valence-corrected chi connectivity index (χ1v) is 5.85. The summed E-state index contributed by atoms with van der Waals surface area (Å²) >= 11 is 0. The lowest BCUT2D eigenvalue weighted by Crippen LogP contribution is -2.06. The van der Waals surface area contributed by atoms with Crippen molar-refractivity contribution in [2.75, 3.05) is 6.54 Å². The molecular formula is C12H14N6. The maximum absolute atomic E-state index is 5.61. The normalized spacial score (nSPS) is 11.2. The molecule has 3 heterocycles. The molecule has 3 aromatic rings. The molecule has 0 fully saturated rings. The highest BCUT2D eigenvalue weighted by molar-refractivity contribution is 5.52. The van der Waals surface area contributed by atoms with E-state index in [1.807, 2.05) is 29.6 Å². The van der Waals surface area contributed by atoms with Crippen molar-refractivity contribution in [2.45, 2.75) is 13.3 Å². The maximum Gasteiger partial charge on any atom is 0.251 e. The summed E-state index contributed by atoms with van der Waals surface area (Å²) in [5, 5.41) is 3.21. The SMILES string of the molecule is Cc1nc2nc(-c3ccccn3)[nH]n2c1CCN. The first kappa shape index (κ1) is 10.9. The van der Waals surface area contributed by atoms with Crippen molar-refractivity contribution in [3.05, 3.63) is 35.8 Å². The quantitative estimate of drug-likeness (QED) is 0.715. The Morgan fingerprint density at radius 3 is 2.94 bits per heavy atom. The Labute approximate surface area is 104 Å². The van der Waals surface area contributed by atoms with Crippen LogP contribution in [0.2, 0.25) is 0 Å². The molecule has 0 saturated carbocycles. The molecule has 0 atom stereocenters. The minimum atomic E-state index is 0.590. The van der Waals surface area contributed by atoms with E-state index in [0.717, 1.165) is 29.3 Å². The molecule has 0 aliphatic heterocycles. The number of hydrogen-bond acceptors (Lipinski definition) is 4. The van der Waals surface area contributed by atoms with E-state index in [1.54, 1.807) is 6.20 Å². The molecule has 6 nitrogen and oxygen atoms in total. The van der Waals surface area contributed by atoms with Gasteiger partial charge in [-0.05, 0) is 25.6 Å². The molecule has 3 rings (SSSR count). The van der Waals surface area contributed by atoms with E-state index < -0.39 is 0 Å². The highest BCUT2D eigenvalue weighted by Crippen LogP contribution is 2.16. The number of nitrogens with two attached hydrogens (primary N) is 1. The van der Waals surface area contributed by atoms with Crippen molar-refractivity contribution in [3.8, 4) is 11.5 Å². The number of hydrogen-bond donors (Lipinski definition) is 2. The maximum atomic E-state index is 5.61. The Balaban J connectivity index is 2.12. The second kappa shape index (κ2) is 4.23. The second-order valence-electron chi connectivity index (χ2n) is 4.11. The number of aromatic nitrogens is 5. The number of aromatic amines is 1. The van der Waals surface area contributed by atoms with Gasteiger partial charge in [-0.25, -0.2) is 9.50 Å². The van der Waals surface area contributed by atoms with E-state index in [-0.39, 0.29) is 0 Å². The molecule has 0 unspecified atom stereocenters. The fraction of sp³-hybridized carbons (Fsp3) is 0.250. The van der Waals surface area contributed by atoms with Crippen LogP contribution in [0.1, 0.15) is 11.4 Å². The summed E-state index contributed by atoms with van der Waals surface area (Å²) in [6, 6.07) is 5.72. The molecule has 0 amide bonds. The van der Waals surface area contributed by atoms with Gasteiger partial charge >= 0.3 is 0 Å². The van der Waals surface area contributed by atoms with Crippen LogP contribution in [0.5, 0.6) is 0 Å². The van der Waals surface area contributed by atoms with Gasteiger partial charge in [0.25, 0.3) is 5.78 Å². The molecule has 0 radical (unpaired) electrons. The highest BCUT2D eigenvalue weighted by Gasteiger charge is 2.13. The number of rotatable bonds is 3. The van der Waals surface area contributed by atoms with Crippen LogP contribution in [0.4, 0.5) is 0 Å². The van der Waals surface area contributed by atoms with E-state index >= 15 is 0 Å². The Kier molecular flexibility index (Phi) is 2.56. The largest absolute Gasteiger partial charge is 0.330 e. The van der Waals surface area contributed by atoms with E-state index in [1.165, 1.54) is 0 Å². The molecule has 3 aromatic heterocycles. The fourth-order valence-corrected chi connectivity index (χ4v) is 2.02. The summed E-state index contributed by atoms with van der Waals surface area (Å²) < 4.78 is 1.88. The molecule has 18 heavy (non-hydrogen) atoms. The number of imidazole rings is 1. The Hall–Kier alpha value is -2.21. The number of nitrogens with one attached hydrogen (secondary N) is 1. The van der Waals surface area contributed by atoms with Crippen LogP contribution in [0.15, 0.2) is 24.4 Å². The van der Waals surface area contributed by atoms with E-state index in [9.17, 15) is 0 Å². The summed E-state index contributed by atoms with van der Waals surface area (Å²) in [5.41, 5.74) is 8.45. The van der Waals surface area contributed by atoms with Gasteiger partial charge in [0, 0.05) is 12.6 Å². The van der Waals surface area contributed by atoms with Crippen molar-refractivity contribution in [3.63, 3.8) is 0 Å². The minimum Gasteiger partial charge on any atom is -0.330 e. The fourth-order valence-electron chi connectivity index (χ4n) is 2.02. The van der Waals surface area contributed by atoms with Gasteiger partial charge in [0.05, 0.1) is 11.4 Å². The molecule has 0 aromatic carbocycles. The molecule has 0 bridgehead atoms. The van der Waals surface area contributed by atoms with Gasteiger partial charge in [0.15, 0.2) is 5.82 Å². The lowest BCUT2D eigenvalue weighted by atomic mass is 10.3. The second-order valence-corrected chi connectivity index (χ2v) is 4.11. The van der Waals surface area contributed by atoms with E-state index in [2.05, 4.69) is 20.1 Å². The standard InChI is InChI=1S/C12H14N6/c1-8-10(5-6-13)18-12(15-8)16-11(17-18)9-4-2-3-7-14-9/h2-4,7H,5-6,13H2,1H3,(H,15,16,17). The number of fused-ring (bicyclic) bond motifs is 1. The molecule has 0 aliphatic carbocycles. The Morgan fingerprint density at radius 2 is 2.22 bits per heavy atom. The van der Waals surface area contributed by atoms with Crippen LogP contribution >= 0.6 is 0 Å². The minimum absolute atomic E-state index is 0.590. The van der Waals surface area contributed by atoms with Crippen LogP contribution in [0.25, 0.3) is 17.3 Å². The predicted molar refractivity (Wildman–Crippen MR) is 68.1 cm³/mol.